The quantitative estimate of drug-likeness (QED) is 0.160. The van der Waals surface area contributed by atoms with Crippen LogP contribution in [0.5, 0.6) is 0 Å². The smallest absolute Gasteiger partial charge is 0.408 e. The number of allylic oxidation sites excluding steroid dienone is 1. The molecule has 1 aromatic rings. The average molecular weight is 814 g/mol. The van der Waals surface area contributed by atoms with Gasteiger partial charge in [0.25, 0.3) is 0 Å². The Hall–Kier alpha value is -4.64. The molecular weight excluding hydrogens is 758 g/mol. The van der Waals surface area contributed by atoms with Gasteiger partial charge in [-0.3, -0.25) is 14.4 Å². The maximum Gasteiger partial charge on any atom is 0.408 e. The predicted octanol–water partition coefficient (Wildman–Crippen LogP) is 3.03. The first-order valence-corrected chi connectivity index (χ1v) is 19.3. The number of Topliss-reactive ketones (excluding diaryl/α,β-unsaturated/α-hetero) is 1. The zero-order chi connectivity index (χ0) is 43.3. The van der Waals surface area contributed by atoms with Crippen LogP contribution in [0.2, 0.25) is 0 Å². The summed E-state index contributed by atoms with van der Waals surface area (Å²) < 4.78 is 35.2. The number of hydrogen-bond acceptors (Lipinski definition) is 15. The molecule has 2 saturated carbocycles. The SMILES string of the molecule is C/C=C/[C@H](NC(=O)OC(C)(C)C)[C@@H](O)C(=O)O[C@H]1C[C@@]2(O)[C@@H](OC(=O)c3ccccc3)[C@@H]3[C@]4(OC(C)=O)CO[C@@H]4C[C@H](O)[C@@]3(C)C(=O)[C@H](OC(C)=O)C(=C1C)C2(C)C. The fraction of sp³-hybridized carbons (Fsp3) is 0.619. The fourth-order valence-corrected chi connectivity index (χ4v) is 9.26. The molecular formula is C42H55NO15. The molecule has 5 rings (SSSR count). The number of ketones is 1. The highest BCUT2D eigenvalue weighted by atomic mass is 16.6. The van der Waals surface area contributed by atoms with Crippen LogP contribution in [-0.2, 0) is 47.6 Å². The Morgan fingerprint density at radius 3 is 2.17 bits per heavy atom. The highest BCUT2D eigenvalue weighted by Crippen LogP contribution is 2.64. The first-order valence-electron chi connectivity index (χ1n) is 19.3. The van der Waals surface area contributed by atoms with Crippen LogP contribution in [0.3, 0.4) is 0 Å². The molecule has 4 N–H and O–H groups in total. The van der Waals surface area contributed by atoms with Gasteiger partial charge in [-0.15, -0.1) is 0 Å². The molecule has 11 atom stereocenters. The van der Waals surface area contributed by atoms with E-state index >= 15 is 4.79 Å². The number of rotatable bonds is 9. The van der Waals surface area contributed by atoms with Crippen LogP contribution in [0.1, 0.15) is 92.4 Å². The number of aliphatic hydroxyl groups is 3. The van der Waals surface area contributed by atoms with Gasteiger partial charge in [0.15, 0.2) is 23.6 Å². The molecule has 2 bridgehead atoms. The molecule has 1 amide bonds. The largest absolute Gasteiger partial charge is 0.456 e. The number of aliphatic hydroxyl groups excluding tert-OH is 2. The molecule has 318 valence electrons. The lowest BCUT2D eigenvalue weighted by atomic mass is 9.44. The average Bonchev–Trinajstić information content (AvgIpc) is 3.11. The summed E-state index contributed by atoms with van der Waals surface area (Å²) in [6.07, 6.45) is -8.56. The minimum Gasteiger partial charge on any atom is -0.456 e. The number of nitrogens with one attached hydrogen (secondary N) is 1. The van der Waals surface area contributed by atoms with Crippen LogP contribution < -0.4 is 5.32 Å². The normalized spacial score (nSPS) is 33.8. The number of amides is 1. The lowest BCUT2D eigenvalue weighted by Gasteiger charge is -2.67. The fourth-order valence-electron chi connectivity index (χ4n) is 9.26. The minimum absolute atomic E-state index is 0.00761. The molecule has 0 aromatic heterocycles. The summed E-state index contributed by atoms with van der Waals surface area (Å²) >= 11 is 0. The van der Waals surface area contributed by atoms with Crippen molar-refractivity contribution < 1.29 is 72.5 Å². The predicted molar refractivity (Wildman–Crippen MR) is 203 cm³/mol. The Morgan fingerprint density at radius 1 is 1.00 bits per heavy atom. The molecule has 1 aliphatic heterocycles. The number of alkyl carbamates (subject to hydrolysis) is 1. The van der Waals surface area contributed by atoms with Gasteiger partial charge >= 0.3 is 30.0 Å². The van der Waals surface area contributed by atoms with Gasteiger partial charge in [0.2, 0.25) is 0 Å². The molecule has 0 unspecified atom stereocenters. The Labute approximate surface area is 337 Å². The van der Waals surface area contributed by atoms with E-state index in [2.05, 4.69) is 5.32 Å². The number of carbonyl (C=O) groups excluding carboxylic acids is 6. The number of hydrogen-bond donors (Lipinski definition) is 4. The number of carbonyl (C=O) groups is 6. The van der Waals surface area contributed by atoms with Gasteiger partial charge in [-0.2, -0.15) is 0 Å². The molecule has 58 heavy (non-hydrogen) atoms. The van der Waals surface area contributed by atoms with E-state index in [0.717, 1.165) is 13.8 Å². The Balaban J connectivity index is 1.73. The van der Waals surface area contributed by atoms with Crippen molar-refractivity contribution in [2.45, 2.75) is 142 Å². The third kappa shape index (κ3) is 7.66. The standard InChI is InChI=1S/C42H55NO15/c1-11-15-25(43-37(51)58-38(5,6)7)30(47)36(50)55-26-19-42(52)34(56-35(49)24-16-13-12-14-17-24)32-40(10,27(46)18-28-41(32,20-53-28)57-23(4)45)33(48)31(54-22(3)44)29(21(26)2)39(42,8)9/h11-17,25-28,30-32,34,46-47,52H,18-20H2,1-10H3,(H,43,51)/b15-11+/t25-,26-,27-,28+,30+,31+,32-,34-,40+,41-,42+/m0/s1. The summed E-state index contributed by atoms with van der Waals surface area (Å²) in [5.41, 5.74) is -8.52. The third-order valence-electron chi connectivity index (χ3n) is 12.1. The molecule has 3 aliphatic carbocycles. The van der Waals surface area contributed by atoms with Gasteiger partial charge in [-0.1, -0.05) is 44.2 Å². The minimum atomic E-state index is -2.38. The molecule has 0 radical (unpaired) electrons. The molecule has 1 heterocycles. The van der Waals surface area contributed by atoms with E-state index < -0.39 is 118 Å². The summed E-state index contributed by atoms with van der Waals surface area (Å²) in [6.45, 7) is 14.4. The van der Waals surface area contributed by atoms with E-state index in [9.17, 15) is 39.3 Å². The summed E-state index contributed by atoms with van der Waals surface area (Å²) in [6, 6.07) is 6.47. The zero-order valence-corrected chi connectivity index (χ0v) is 34.5. The van der Waals surface area contributed by atoms with Gasteiger partial charge in [0, 0.05) is 32.1 Å². The molecule has 3 fully saturated rings. The summed E-state index contributed by atoms with van der Waals surface area (Å²) in [5, 5.41) is 39.3. The maximum absolute atomic E-state index is 15.4. The number of esters is 4. The highest BCUT2D eigenvalue weighted by Gasteiger charge is 2.78. The Bertz CT molecular complexity index is 1880. The monoisotopic (exact) mass is 813 g/mol. The van der Waals surface area contributed by atoms with E-state index in [1.54, 1.807) is 59.7 Å². The van der Waals surface area contributed by atoms with Crippen molar-refractivity contribution in [3.05, 3.63) is 59.2 Å². The second-order valence-corrected chi connectivity index (χ2v) is 17.3. The van der Waals surface area contributed by atoms with E-state index in [-0.39, 0.29) is 29.7 Å². The third-order valence-corrected chi connectivity index (χ3v) is 12.1. The van der Waals surface area contributed by atoms with Crippen LogP contribution in [0.15, 0.2) is 53.6 Å². The second-order valence-electron chi connectivity index (χ2n) is 17.3. The first-order chi connectivity index (χ1) is 26.8. The topological polar surface area (TPSA) is 231 Å². The van der Waals surface area contributed by atoms with Crippen molar-refractivity contribution in [1.29, 1.82) is 0 Å². The molecule has 0 spiro atoms. The molecule has 4 aliphatic rings. The number of ether oxygens (including phenoxy) is 6. The molecule has 1 saturated heterocycles. The zero-order valence-electron chi connectivity index (χ0n) is 34.5. The lowest BCUT2D eigenvalue weighted by molar-refractivity contribution is -0.346. The van der Waals surface area contributed by atoms with Gasteiger partial charge in [-0.25, -0.2) is 14.4 Å². The maximum atomic E-state index is 15.4. The van der Waals surface area contributed by atoms with Crippen LogP contribution in [0.25, 0.3) is 0 Å². The van der Waals surface area contributed by atoms with Crippen LogP contribution in [0, 0.1) is 16.7 Å². The van der Waals surface area contributed by atoms with E-state index in [1.807, 2.05) is 0 Å². The molecule has 16 heteroatoms. The summed E-state index contributed by atoms with van der Waals surface area (Å²) in [5.74, 6) is -6.27. The summed E-state index contributed by atoms with van der Waals surface area (Å²) in [4.78, 5) is 81.9. The van der Waals surface area contributed by atoms with Crippen molar-refractivity contribution >= 4 is 35.8 Å². The number of fused-ring (bicyclic) bond motifs is 5. The summed E-state index contributed by atoms with van der Waals surface area (Å²) in [7, 11) is 0. The van der Waals surface area contributed by atoms with Gasteiger partial charge in [-0.05, 0) is 64.8 Å². The van der Waals surface area contributed by atoms with Gasteiger partial charge in [0.05, 0.1) is 35.6 Å². The Kier molecular flexibility index (Phi) is 12.1. The van der Waals surface area contributed by atoms with Crippen molar-refractivity contribution in [2.24, 2.45) is 16.7 Å². The van der Waals surface area contributed by atoms with Crippen LogP contribution >= 0.6 is 0 Å². The van der Waals surface area contributed by atoms with Crippen LogP contribution in [0.4, 0.5) is 4.79 Å². The number of benzene rings is 1. The van der Waals surface area contributed by atoms with Crippen molar-refractivity contribution in [2.75, 3.05) is 6.61 Å². The van der Waals surface area contributed by atoms with E-state index in [4.69, 9.17) is 28.4 Å². The molecule has 1 aromatic carbocycles. The van der Waals surface area contributed by atoms with Crippen molar-refractivity contribution in [1.82, 2.24) is 5.32 Å². The van der Waals surface area contributed by atoms with Gasteiger partial charge < -0.3 is 49.1 Å². The van der Waals surface area contributed by atoms with E-state index in [0.29, 0.717) is 0 Å². The Morgan fingerprint density at radius 2 is 1.64 bits per heavy atom. The van der Waals surface area contributed by atoms with Crippen molar-refractivity contribution in [3.8, 4) is 0 Å². The van der Waals surface area contributed by atoms with Crippen molar-refractivity contribution in [3.63, 3.8) is 0 Å². The van der Waals surface area contributed by atoms with Gasteiger partial charge in [0.1, 0.15) is 29.5 Å². The lowest BCUT2D eigenvalue weighted by Crippen LogP contribution is -2.82. The highest BCUT2D eigenvalue weighted by molar-refractivity contribution is 5.95. The first kappa shape index (κ1) is 44.5. The van der Waals surface area contributed by atoms with E-state index in [1.165, 1.54) is 38.1 Å². The van der Waals surface area contributed by atoms with Crippen LogP contribution in [-0.4, -0.2) is 117 Å². The second kappa shape index (κ2) is 15.8. The molecule has 16 nitrogen and oxygen atoms in total.